The van der Waals surface area contributed by atoms with E-state index in [4.69, 9.17) is 11.6 Å². The molecule has 0 spiro atoms. The minimum Gasteiger partial charge on any atom is -0.296 e. The molecule has 1 aliphatic carbocycles. The van der Waals surface area contributed by atoms with Crippen molar-refractivity contribution in [2.45, 2.75) is 45.2 Å². The van der Waals surface area contributed by atoms with Crippen LogP contribution in [0.1, 0.15) is 38.2 Å². The molecule has 0 amide bonds. The van der Waals surface area contributed by atoms with Gasteiger partial charge in [0.15, 0.2) is 0 Å². The summed E-state index contributed by atoms with van der Waals surface area (Å²) >= 11 is 5.90. The second-order valence-electron chi connectivity index (χ2n) is 4.54. The van der Waals surface area contributed by atoms with Gasteiger partial charge in [0.05, 0.1) is 0 Å². The van der Waals surface area contributed by atoms with Gasteiger partial charge in [-0.3, -0.25) is 4.90 Å². The lowest BCUT2D eigenvalue weighted by atomic mass is 10.2. The van der Waals surface area contributed by atoms with E-state index in [2.05, 4.69) is 22.9 Å². The molecule has 1 aromatic heterocycles. The third-order valence-corrected chi connectivity index (χ3v) is 3.25. The summed E-state index contributed by atoms with van der Waals surface area (Å²) in [4.78, 5) is 6.60. The van der Waals surface area contributed by atoms with Crippen molar-refractivity contribution < 1.29 is 0 Å². The van der Waals surface area contributed by atoms with Crippen molar-refractivity contribution in [3.63, 3.8) is 0 Å². The van der Waals surface area contributed by atoms with Crippen LogP contribution in [-0.2, 0) is 6.54 Å². The zero-order valence-corrected chi connectivity index (χ0v) is 10.6. The molecule has 2 nitrogen and oxygen atoms in total. The molecule has 1 heterocycles. The SMILES string of the molecule is CCCCN(Cc1ccnc(Cl)c1)C1CC1. The van der Waals surface area contributed by atoms with E-state index in [9.17, 15) is 0 Å². The van der Waals surface area contributed by atoms with Crippen LogP contribution < -0.4 is 0 Å². The maximum absolute atomic E-state index is 5.90. The van der Waals surface area contributed by atoms with Gasteiger partial charge in [-0.25, -0.2) is 4.98 Å². The lowest BCUT2D eigenvalue weighted by Crippen LogP contribution is -2.26. The van der Waals surface area contributed by atoms with Gasteiger partial charge in [-0.2, -0.15) is 0 Å². The molecule has 1 fully saturated rings. The van der Waals surface area contributed by atoms with Crippen molar-refractivity contribution >= 4 is 11.6 Å². The van der Waals surface area contributed by atoms with E-state index in [0.29, 0.717) is 5.15 Å². The van der Waals surface area contributed by atoms with Crippen molar-refractivity contribution in [3.05, 3.63) is 29.0 Å². The predicted octanol–water partition coefficient (Wildman–Crippen LogP) is 3.50. The van der Waals surface area contributed by atoms with E-state index in [1.807, 2.05) is 6.07 Å². The summed E-state index contributed by atoms with van der Waals surface area (Å²) < 4.78 is 0. The highest BCUT2D eigenvalue weighted by Crippen LogP contribution is 2.28. The fraction of sp³-hybridized carbons (Fsp3) is 0.615. The van der Waals surface area contributed by atoms with Gasteiger partial charge in [0, 0.05) is 18.8 Å². The molecule has 1 aromatic rings. The lowest BCUT2D eigenvalue weighted by Gasteiger charge is -2.21. The highest BCUT2D eigenvalue weighted by atomic mass is 35.5. The van der Waals surface area contributed by atoms with Crippen molar-refractivity contribution in [1.82, 2.24) is 9.88 Å². The Bertz CT molecular complexity index is 336. The number of rotatable bonds is 6. The fourth-order valence-electron chi connectivity index (χ4n) is 1.97. The smallest absolute Gasteiger partial charge is 0.129 e. The maximum Gasteiger partial charge on any atom is 0.129 e. The van der Waals surface area contributed by atoms with E-state index in [1.54, 1.807) is 6.20 Å². The number of halogens is 1. The zero-order valence-electron chi connectivity index (χ0n) is 9.82. The number of unbranched alkanes of at least 4 members (excludes halogenated alkanes) is 1. The largest absolute Gasteiger partial charge is 0.296 e. The number of aromatic nitrogens is 1. The van der Waals surface area contributed by atoms with Crippen molar-refractivity contribution in [2.75, 3.05) is 6.54 Å². The van der Waals surface area contributed by atoms with Crippen LogP contribution in [0.4, 0.5) is 0 Å². The molecular formula is C13H19ClN2. The Balaban J connectivity index is 1.94. The Morgan fingerprint density at radius 1 is 1.50 bits per heavy atom. The Hall–Kier alpha value is -0.600. The number of nitrogens with zero attached hydrogens (tertiary/aromatic N) is 2. The van der Waals surface area contributed by atoms with Crippen LogP contribution in [-0.4, -0.2) is 22.5 Å². The first-order valence-corrected chi connectivity index (χ1v) is 6.52. The van der Waals surface area contributed by atoms with Gasteiger partial charge >= 0.3 is 0 Å². The summed E-state index contributed by atoms with van der Waals surface area (Å²) in [5.74, 6) is 0. The fourth-order valence-corrected chi connectivity index (χ4v) is 2.16. The molecule has 0 atom stereocenters. The molecule has 0 unspecified atom stereocenters. The molecule has 0 aliphatic heterocycles. The molecule has 0 aromatic carbocycles. The summed E-state index contributed by atoms with van der Waals surface area (Å²) in [5, 5.41) is 0.601. The van der Waals surface area contributed by atoms with Crippen molar-refractivity contribution in [3.8, 4) is 0 Å². The van der Waals surface area contributed by atoms with Gasteiger partial charge in [-0.05, 0) is 43.5 Å². The normalized spacial score (nSPS) is 15.7. The van der Waals surface area contributed by atoms with Gasteiger partial charge in [0.1, 0.15) is 5.15 Å². The lowest BCUT2D eigenvalue weighted by molar-refractivity contribution is 0.250. The molecule has 16 heavy (non-hydrogen) atoms. The minimum atomic E-state index is 0.601. The molecule has 0 bridgehead atoms. The Morgan fingerprint density at radius 2 is 2.31 bits per heavy atom. The standard InChI is InChI=1S/C13H19ClN2/c1-2-3-8-16(12-4-5-12)10-11-6-7-15-13(14)9-11/h6-7,9,12H,2-5,8,10H2,1H3. The van der Waals surface area contributed by atoms with E-state index in [1.165, 1.54) is 37.8 Å². The molecule has 0 saturated heterocycles. The van der Waals surface area contributed by atoms with E-state index >= 15 is 0 Å². The molecule has 1 aliphatic rings. The van der Waals surface area contributed by atoms with Crippen LogP contribution in [0.25, 0.3) is 0 Å². The first-order chi connectivity index (χ1) is 7.79. The first-order valence-electron chi connectivity index (χ1n) is 6.14. The molecule has 3 heteroatoms. The van der Waals surface area contributed by atoms with Crippen molar-refractivity contribution in [1.29, 1.82) is 0 Å². The average molecular weight is 239 g/mol. The summed E-state index contributed by atoms with van der Waals surface area (Å²) in [6, 6.07) is 4.86. The Labute approximate surface area is 103 Å². The highest BCUT2D eigenvalue weighted by molar-refractivity contribution is 6.29. The summed E-state index contributed by atoms with van der Waals surface area (Å²) in [6.45, 7) is 4.47. The molecule has 88 valence electrons. The van der Waals surface area contributed by atoms with Crippen LogP contribution in [0.5, 0.6) is 0 Å². The third-order valence-electron chi connectivity index (χ3n) is 3.04. The summed E-state index contributed by atoms with van der Waals surface area (Å²) in [5.41, 5.74) is 1.28. The zero-order chi connectivity index (χ0) is 11.4. The monoisotopic (exact) mass is 238 g/mol. The van der Waals surface area contributed by atoms with Gasteiger partial charge in [0.25, 0.3) is 0 Å². The topological polar surface area (TPSA) is 16.1 Å². The number of pyridine rings is 1. The molecular weight excluding hydrogens is 220 g/mol. The molecule has 0 radical (unpaired) electrons. The van der Waals surface area contributed by atoms with E-state index in [0.717, 1.165) is 12.6 Å². The number of hydrogen-bond acceptors (Lipinski definition) is 2. The van der Waals surface area contributed by atoms with E-state index in [-0.39, 0.29) is 0 Å². The maximum atomic E-state index is 5.90. The van der Waals surface area contributed by atoms with Gasteiger partial charge in [-0.15, -0.1) is 0 Å². The van der Waals surface area contributed by atoms with E-state index < -0.39 is 0 Å². The van der Waals surface area contributed by atoms with Crippen LogP contribution in [0.3, 0.4) is 0 Å². The van der Waals surface area contributed by atoms with Gasteiger partial charge in [0.2, 0.25) is 0 Å². The quantitative estimate of drug-likeness (QED) is 0.706. The number of hydrogen-bond donors (Lipinski definition) is 0. The highest BCUT2D eigenvalue weighted by Gasteiger charge is 2.28. The molecule has 1 saturated carbocycles. The van der Waals surface area contributed by atoms with Gasteiger partial charge in [-0.1, -0.05) is 24.9 Å². The van der Waals surface area contributed by atoms with Crippen LogP contribution in [0.15, 0.2) is 18.3 Å². The average Bonchev–Trinajstić information content (AvgIpc) is 3.08. The molecule has 2 rings (SSSR count). The molecule has 0 N–H and O–H groups in total. The first kappa shape index (κ1) is 11.9. The van der Waals surface area contributed by atoms with Crippen LogP contribution in [0.2, 0.25) is 5.15 Å². The second kappa shape index (κ2) is 5.65. The summed E-state index contributed by atoms with van der Waals surface area (Å²) in [7, 11) is 0. The second-order valence-corrected chi connectivity index (χ2v) is 4.93. The Morgan fingerprint density at radius 3 is 2.94 bits per heavy atom. The Kier molecular flexibility index (Phi) is 4.19. The predicted molar refractivity (Wildman–Crippen MR) is 67.6 cm³/mol. The summed E-state index contributed by atoms with van der Waals surface area (Å²) in [6.07, 6.45) is 7.07. The minimum absolute atomic E-state index is 0.601. The van der Waals surface area contributed by atoms with Crippen LogP contribution in [0, 0.1) is 0 Å². The van der Waals surface area contributed by atoms with Crippen molar-refractivity contribution in [2.24, 2.45) is 0 Å². The third kappa shape index (κ3) is 3.46. The van der Waals surface area contributed by atoms with Gasteiger partial charge < -0.3 is 0 Å². The van der Waals surface area contributed by atoms with Crippen LogP contribution >= 0.6 is 11.6 Å².